The Balaban J connectivity index is 1.92. The number of hydrogen-bond donors (Lipinski definition) is 2. The van der Waals surface area contributed by atoms with Gasteiger partial charge in [0.1, 0.15) is 6.42 Å². The molecule has 0 fully saturated rings. The molecule has 2 N–H and O–H groups in total. The zero-order valence-electron chi connectivity index (χ0n) is 11.8. The molecule has 4 nitrogen and oxygen atoms in total. The second kappa shape index (κ2) is 7.42. The zero-order valence-corrected chi connectivity index (χ0v) is 14.2. The van der Waals surface area contributed by atoms with Gasteiger partial charge in [0, 0.05) is 20.9 Å². The van der Waals surface area contributed by atoms with E-state index in [9.17, 15) is 9.59 Å². The Morgan fingerprint density at radius 2 is 1.68 bits per heavy atom. The van der Waals surface area contributed by atoms with Crippen LogP contribution < -0.4 is 10.6 Å². The molecule has 22 heavy (non-hydrogen) atoms. The summed E-state index contributed by atoms with van der Waals surface area (Å²) in [6.07, 6.45) is -0.262. The molecule has 6 heteroatoms. The number of carbonyl (C=O) groups is 2. The van der Waals surface area contributed by atoms with Gasteiger partial charge < -0.3 is 10.6 Å². The lowest BCUT2D eigenvalue weighted by atomic mass is 10.2. The zero-order chi connectivity index (χ0) is 16.1. The molecule has 0 heterocycles. The number of halogens is 2. The average Bonchev–Trinajstić information content (AvgIpc) is 2.45. The molecule has 0 spiro atoms. The molecule has 0 saturated carbocycles. The normalized spacial score (nSPS) is 10.1. The highest BCUT2D eigenvalue weighted by Gasteiger charge is 2.11. The molecule has 2 aromatic carbocycles. The Labute approximate surface area is 142 Å². The van der Waals surface area contributed by atoms with Crippen molar-refractivity contribution < 1.29 is 9.59 Å². The second-order valence-corrected chi connectivity index (χ2v) is 6.09. The van der Waals surface area contributed by atoms with Crippen molar-refractivity contribution in [1.82, 2.24) is 0 Å². The lowest BCUT2D eigenvalue weighted by molar-refractivity contribution is -0.123. The van der Waals surface area contributed by atoms with Gasteiger partial charge in [-0.05, 0) is 48.9 Å². The highest BCUT2D eigenvalue weighted by Crippen LogP contribution is 2.20. The van der Waals surface area contributed by atoms with Gasteiger partial charge in [0.15, 0.2) is 0 Å². The lowest BCUT2D eigenvalue weighted by Gasteiger charge is -2.09. The van der Waals surface area contributed by atoms with E-state index in [1.54, 1.807) is 30.3 Å². The van der Waals surface area contributed by atoms with Crippen LogP contribution in [0.1, 0.15) is 12.0 Å². The third-order valence-electron chi connectivity index (χ3n) is 2.92. The molecular formula is C16H14BrClN2O2. The first-order valence-electron chi connectivity index (χ1n) is 6.55. The number of carbonyl (C=O) groups excluding carboxylic acids is 2. The summed E-state index contributed by atoms with van der Waals surface area (Å²) in [5.41, 5.74) is 2.12. The predicted octanol–water partition coefficient (Wildman–Crippen LogP) is 4.38. The van der Waals surface area contributed by atoms with Crippen LogP contribution in [0.4, 0.5) is 11.4 Å². The fourth-order valence-electron chi connectivity index (χ4n) is 1.81. The van der Waals surface area contributed by atoms with Gasteiger partial charge in [0.2, 0.25) is 11.8 Å². The Morgan fingerprint density at radius 3 is 2.36 bits per heavy atom. The molecule has 0 unspecified atom stereocenters. The standard InChI is InChI=1S/C16H14BrClN2O2/c1-10-2-5-12(18)8-14(10)20-16(22)9-15(21)19-13-6-3-11(17)4-7-13/h2-8H,9H2,1H3,(H,19,21)(H,20,22). The van der Waals surface area contributed by atoms with Gasteiger partial charge >= 0.3 is 0 Å². The van der Waals surface area contributed by atoms with Crippen LogP contribution in [-0.4, -0.2) is 11.8 Å². The molecular weight excluding hydrogens is 368 g/mol. The van der Waals surface area contributed by atoms with Crippen LogP contribution in [0.5, 0.6) is 0 Å². The molecule has 2 rings (SSSR count). The van der Waals surface area contributed by atoms with Crippen molar-refractivity contribution in [3.8, 4) is 0 Å². The Bertz CT molecular complexity index is 702. The van der Waals surface area contributed by atoms with E-state index in [0.29, 0.717) is 16.4 Å². The van der Waals surface area contributed by atoms with Crippen LogP contribution >= 0.6 is 27.5 Å². The van der Waals surface area contributed by atoms with Crippen LogP contribution in [0.2, 0.25) is 5.02 Å². The maximum absolute atomic E-state index is 11.9. The van der Waals surface area contributed by atoms with Crippen LogP contribution in [0, 0.1) is 6.92 Å². The first kappa shape index (κ1) is 16.5. The topological polar surface area (TPSA) is 58.2 Å². The smallest absolute Gasteiger partial charge is 0.233 e. The molecule has 0 aromatic heterocycles. The molecule has 0 atom stereocenters. The Morgan fingerprint density at radius 1 is 1.05 bits per heavy atom. The van der Waals surface area contributed by atoms with E-state index in [1.807, 2.05) is 19.1 Å². The fourth-order valence-corrected chi connectivity index (χ4v) is 2.24. The van der Waals surface area contributed by atoms with Crippen LogP contribution in [-0.2, 0) is 9.59 Å². The third-order valence-corrected chi connectivity index (χ3v) is 3.69. The summed E-state index contributed by atoms with van der Waals surface area (Å²) >= 11 is 9.21. The quantitative estimate of drug-likeness (QED) is 0.772. The summed E-state index contributed by atoms with van der Waals surface area (Å²) in [6, 6.07) is 12.3. The molecule has 2 aromatic rings. The van der Waals surface area contributed by atoms with E-state index in [2.05, 4.69) is 26.6 Å². The SMILES string of the molecule is Cc1ccc(Cl)cc1NC(=O)CC(=O)Nc1ccc(Br)cc1. The first-order chi connectivity index (χ1) is 10.4. The Kier molecular flexibility index (Phi) is 5.57. The number of nitrogens with one attached hydrogen (secondary N) is 2. The summed E-state index contributed by atoms with van der Waals surface area (Å²) in [5.74, 6) is -0.764. The predicted molar refractivity (Wildman–Crippen MR) is 92.2 cm³/mol. The number of hydrogen-bond acceptors (Lipinski definition) is 2. The van der Waals surface area contributed by atoms with Gasteiger partial charge in [-0.15, -0.1) is 0 Å². The van der Waals surface area contributed by atoms with Crippen molar-refractivity contribution in [3.05, 3.63) is 57.5 Å². The molecule has 0 aliphatic heterocycles. The minimum atomic E-state index is -0.389. The summed E-state index contributed by atoms with van der Waals surface area (Å²) < 4.78 is 0.916. The van der Waals surface area contributed by atoms with Crippen molar-refractivity contribution in [1.29, 1.82) is 0 Å². The molecule has 0 aliphatic carbocycles. The lowest BCUT2D eigenvalue weighted by Crippen LogP contribution is -2.21. The molecule has 114 valence electrons. The van der Waals surface area contributed by atoms with Gasteiger partial charge in [0.05, 0.1) is 0 Å². The molecule has 0 radical (unpaired) electrons. The molecule has 0 aliphatic rings. The minimum Gasteiger partial charge on any atom is -0.326 e. The summed E-state index contributed by atoms with van der Waals surface area (Å²) in [7, 11) is 0. The largest absolute Gasteiger partial charge is 0.326 e. The van der Waals surface area contributed by atoms with Crippen molar-refractivity contribution in [2.45, 2.75) is 13.3 Å². The van der Waals surface area contributed by atoms with E-state index in [-0.39, 0.29) is 18.2 Å². The van der Waals surface area contributed by atoms with E-state index < -0.39 is 0 Å². The second-order valence-electron chi connectivity index (χ2n) is 4.74. The minimum absolute atomic E-state index is 0.262. The maximum Gasteiger partial charge on any atom is 0.233 e. The highest BCUT2D eigenvalue weighted by atomic mass is 79.9. The van der Waals surface area contributed by atoms with Gasteiger partial charge in [-0.2, -0.15) is 0 Å². The summed E-state index contributed by atoms with van der Waals surface area (Å²) in [5, 5.41) is 5.88. The average molecular weight is 382 g/mol. The fraction of sp³-hybridized carbons (Fsp3) is 0.125. The number of anilines is 2. The number of benzene rings is 2. The van der Waals surface area contributed by atoms with Crippen molar-refractivity contribution in [3.63, 3.8) is 0 Å². The van der Waals surface area contributed by atoms with E-state index >= 15 is 0 Å². The number of aryl methyl sites for hydroxylation is 1. The van der Waals surface area contributed by atoms with E-state index in [0.717, 1.165) is 10.0 Å². The van der Waals surface area contributed by atoms with Gasteiger partial charge in [-0.3, -0.25) is 9.59 Å². The van der Waals surface area contributed by atoms with Crippen LogP contribution in [0.25, 0.3) is 0 Å². The first-order valence-corrected chi connectivity index (χ1v) is 7.72. The van der Waals surface area contributed by atoms with E-state index in [1.165, 1.54) is 0 Å². The van der Waals surface area contributed by atoms with Crippen molar-refractivity contribution >= 4 is 50.7 Å². The van der Waals surface area contributed by atoms with Crippen LogP contribution in [0.3, 0.4) is 0 Å². The summed E-state index contributed by atoms with van der Waals surface area (Å²) in [6.45, 7) is 1.86. The third kappa shape index (κ3) is 4.86. The maximum atomic E-state index is 11.9. The van der Waals surface area contributed by atoms with Gasteiger partial charge in [-0.25, -0.2) is 0 Å². The number of amides is 2. The van der Waals surface area contributed by atoms with Gasteiger partial charge in [0.25, 0.3) is 0 Å². The van der Waals surface area contributed by atoms with Gasteiger partial charge in [-0.1, -0.05) is 33.6 Å². The molecule has 2 amide bonds. The molecule has 0 bridgehead atoms. The summed E-state index contributed by atoms with van der Waals surface area (Å²) in [4.78, 5) is 23.7. The molecule has 0 saturated heterocycles. The van der Waals surface area contributed by atoms with Crippen molar-refractivity contribution in [2.75, 3.05) is 10.6 Å². The monoisotopic (exact) mass is 380 g/mol. The van der Waals surface area contributed by atoms with Crippen LogP contribution in [0.15, 0.2) is 46.9 Å². The Hall–Kier alpha value is -1.85. The van der Waals surface area contributed by atoms with Crippen molar-refractivity contribution in [2.24, 2.45) is 0 Å². The van der Waals surface area contributed by atoms with E-state index in [4.69, 9.17) is 11.6 Å². The highest BCUT2D eigenvalue weighted by molar-refractivity contribution is 9.10. The number of rotatable bonds is 4.